The first-order chi connectivity index (χ1) is 12.4. The van der Waals surface area contributed by atoms with E-state index in [4.69, 9.17) is 0 Å². The minimum atomic E-state index is -5.56. The number of hydrazine groups is 1. The molecule has 0 saturated carbocycles. The summed E-state index contributed by atoms with van der Waals surface area (Å²) < 4.78 is 77.1. The van der Waals surface area contributed by atoms with E-state index in [2.05, 4.69) is 17.4 Å². The third kappa shape index (κ3) is 4.66. The normalized spacial score (nSPS) is 12.4. The number of alkyl halides is 6. The zero-order valence-corrected chi connectivity index (χ0v) is 14.2. The number of rotatable bonds is 6. The molecule has 0 aliphatic heterocycles. The summed E-state index contributed by atoms with van der Waals surface area (Å²) in [7, 11) is 0. The van der Waals surface area contributed by atoms with Gasteiger partial charge in [-0.05, 0) is 30.2 Å². The molecule has 0 atom stereocenters. The lowest BCUT2D eigenvalue weighted by Crippen LogP contribution is -2.64. The van der Waals surface area contributed by atoms with Crippen molar-refractivity contribution >= 4 is 5.69 Å². The SMILES string of the molecule is C=C(NNc1ccc(-c2ccccc2)cc1)NC(C)(C(F)(F)F)C(F)(F)F. The van der Waals surface area contributed by atoms with Gasteiger partial charge in [0.25, 0.3) is 0 Å². The van der Waals surface area contributed by atoms with Gasteiger partial charge in [-0.3, -0.25) is 10.9 Å². The highest BCUT2D eigenvalue weighted by Gasteiger charge is 2.68. The molecule has 2 aromatic carbocycles. The molecule has 3 N–H and O–H groups in total. The van der Waals surface area contributed by atoms with Crippen molar-refractivity contribution in [3.63, 3.8) is 0 Å². The molecule has 0 bridgehead atoms. The average molecular weight is 389 g/mol. The second kappa shape index (κ2) is 7.42. The first-order valence-electron chi connectivity index (χ1n) is 7.72. The van der Waals surface area contributed by atoms with Crippen LogP contribution in [0.4, 0.5) is 32.0 Å². The summed E-state index contributed by atoms with van der Waals surface area (Å²) in [4.78, 5) is 0. The van der Waals surface area contributed by atoms with Gasteiger partial charge in [-0.2, -0.15) is 26.3 Å². The lowest BCUT2D eigenvalue weighted by atomic mass is 10.0. The Labute approximate surface area is 152 Å². The van der Waals surface area contributed by atoms with Crippen LogP contribution in [0.25, 0.3) is 11.1 Å². The van der Waals surface area contributed by atoms with Crippen LogP contribution in [0.2, 0.25) is 0 Å². The van der Waals surface area contributed by atoms with Crippen LogP contribution >= 0.6 is 0 Å². The molecule has 27 heavy (non-hydrogen) atoms. The summed E-state index contributed by atoms with van der Waals surface area (Å²) >= 11 is 0. The molecular formula is C18H17F6N3. The summed E-state index contributed by atoms with van der Waals surface area (Å²) in [6.07, 6.45) is -11.1. The number of anilines is 1. The van der Waals surface area contributed by atoms with Gasteiger partial charge in [0.15, 0.2) is 0 Å². The van der Waals surface area contributed by atoms with Gasteiger partial charge in [0.1, 0.15) is 5.82 Å². The van der Waals surface area contributed by atoms with Gasteiger partial charge < -0.3 is 5.32 Å². The van der Waals surface area contributed by atoms with Crippen molar-refractivity contribution in [3.8, 4) is 11.1 Å². The fourth-order valence-electron chi connectivity index (χ4n) is 2.16. The molecule has 0 heterocycles. The fourth-order valence-corrected chi connectivity index (χ4v) is 2.16. The molecule has 3 nitrogen and oxygen atoms in total. The van der Waals surface area contributed by atoms with Crippen LogP contribution in [0.1, 0.15) is 6.92 Å². The minimum Gasteiger partial charge on any atom is -0.350 e. The van der Waals surface area contributed by atoms with Gasteiger partial charge >= 0.3 is 12.4 Å². The van der Waals surface area contributed by atoms with Crippen molar-refractivity contribution in [1.29, 1.82) is 0 Å². The Morgan fingerprint density at radius 3 is 1.74 bits per heavy atom. The second-order valence-electron chi connectivity index (χ2n) is 5.92. The Morgan fingerprint density at radius 1 is 0.778 bits per heavy atom. The van der Waals surface area contributed by atoms with Crippen LogP contribution in [0.5, 0.6) is 0 Å². The number of hydrogen-bond donors (Lipinski definition) is 3. The third-order valence-electron chi connectivity index (χ3n) is 3.88. The molecule has 0 fully saturated rings. The number of halogens is 6. The smallest absolute Gasteiger partial charge is 0.350 e. The zero-order chi connectivity index (χ0) is 20.3. The highest BCUT2D eigenvalue weighted by Crippen LogP contribution is 2.43. The summed E-state index contributed by atoms with van der Waals surface area (Å²) in [6, 6.07) is 16.2. The number of nitrogens with one attached hydrogen (secondary N) is 3. The standard InChI is InChI=1S/C18H17F6N3/c1-12(25-16(2,17(19,20)21)18(22,23)24)26-27-15-10-8-14(9-11-15)13-6-4-3-5-7-13/h3-11,25-27H,1H2,2H3. The monoisotopic (exact) mass is 389 g/mol. The summed E-state index contributed by atoms with van der Waals surface area (Å²) in [5, 5.41) is 1.36. The van der Waals surface area contributed by atoms with Crippen molar-refractivity contribution in [2.24, 2.45) is 0 Å². The molecule has 2 aromatic rings. The van der Waals surface area contributed by atoms with Crippen molar-refractivity contribution in [2.45, 2.75) is 24.8 Å². The number of benzene rings is 2. The summed E-state index contributed by atoms with van der Waals surface area (Å²) in [6.45, 7) is 3.17. The molecule has 0 aromatic heterocycles. The molecule has 2 rings (SSSR count). The second-order valence-corrected chi connectivity index (χ2v) is 5.92. The molecule has 0 radical (unpaired) electrons. The maximum absolute atomic E-state index is 12.9. The molecule has 0 spiro atoms. The lowest BCUT2D eigenvalue weighted by Gasteiger charge is -2.36. The topological polar surface area (TPSA) is 36.1 Å². The van der Waals surface area contributed by atoms with Crippen LogP contribution in [-0.4, -0.2) is 17.9 Å². The largest absolute Gasteiger partial charge is 0.420 e. The third-order valence-corrected chi connectivity index (χ3v) is 3.88. The predicted octanol–water partition coefficient (Wildman–Crippen LogP) is 5.21. The summed E-state index contributed by atoms with van der Waals surface area (Å²) in [5.41, 5.74) is 2.87. The van der Waals surface area contributed by atoms with Gasteiger partial charge in [-0.15, -0.1) is 0 Å². The van der Waals surface area contributed by atoms with E-state index in [0.29, 0.717) is 5.69 Å². The first kappa shape index (κ1) is 20.5. The molecule has 0 aliphatic carbocycles. The van der Waals surface area contributed by atoms with E-state index >= 15 is 0 Å². The van der Waals surface area contributed by atoms with Gasteiger partial charge in [-0.25, -0.2) is 0 Å². The Hall–Kier alpha value is -2.84. The maximum Gasteiger partial charge on any atom is 0.420 e. The van der Waals surface area contributed by atoms with Crippen LogP contribution in [-0.2, 0) is 0 Å². The first-order valence-corrected chi connectivity index (χ1v) is 7.72. The van der Waals surface area contributed by atoms with Crippen molar-refractivity contribution < 1.29 is 26.3 Å². The highest BCUT2D eigenvalue weighted by atomic mass is 19.4. The van der Waals surface area contributed by atoms with Crippen molar-refractivity contribution in [3.05, 3.63) is 67.0 Å². The van der Waals surface area contributed by atoms with E-state index in [1.165, 1.54) is 5.32 Å². The Balaban J connectivity index is 2.01. The van der Waals surface area contributed by atoms with E-state index < -0.39 is 23.7 Å². The van der Waals surface area contributed by atoms with Crippen LogP contribution < -0.4 is 16.2 Å². The molecule has 0 unspecified atom stereocenters. The van der Waals surface area contributed by atoms with E-state index in [0.717, 1.165) is 11.1 Å². The van der Waals surface area contributed by atoms with Crippen LogP contribution in [0.15, 0.2) is 67.0 Å². The predicted molar refractivity (Wildman–Crippen MR) is 91.4 cm³/mol. The molecule has 146 valence electrons. The van der Waals surface area contributed by atoms with Crippen LogP contribution in [0.3, 0.4) is 0 Å². The highest BCUT2D eigenvalue weighted by molar-refractivity contribution is 5.65. The molecule has 0 aliphatic rings. The van der Waals surface area contributed by atoms with E-state index in [1.54, 1.807) is 24.3 Å². The Kier molecular flexibility index (Phi) is 5.62. The minimum absolute atomic E-state index is 0.00845. The van der Waals surface area contributed by atoms with Crippen molar-refractivity contribution in [1.82, 2.24) is 10.7 Å². The average Bonchev–Trinajstić information content (AvgIpc) is 2.59. The van der Waals surface area contributed by atoms with Crippen molar-refractivity contribution in [2.75, 3.05) is 5.43 Å². The zero-order valence-electron chi connectivity index (χ0n) is 14.2. The molecule has 0 saturated heterocycles. The van der Waals surface area contributed by atoms with Gasteiger partial charge in [0.05, 0.1) is 5.69 Å². The van der Waals surface area contributed by atoms with E-state index in [-0.39, 0.29) is 6.92 Å². The molecule has 9 heteroatoms. The molecule has 0 amide bonds. The van der Waals surface area contributed by atoms with E-state index in [9.17, 15) is 26.3 Å². The Morgan fingerprint density at radius 2 is 1.26 bits per heavy atom. The fraction of sp³-hybridized carbons (Fsp3) is 0.222. The maximum atomic E-state index is 12.9. The van der Waals surface area contributed by atoms with Gasteiger partial charge in [-0.1, -0.05) is 49.0 Å². The summed E-state index contributed by atoms with van der Waals surface area (Å²) in [5.74, 6) is -0.681. The lowest BCUT2D eigenvalue weighted by molar-refractivity contribution is -0.299. The molecular weight excluding hydrogens is 372 g/mol. The Bertz CT molecular complexity index is 752. The van der Waals surface area contributed by atoms with Gasteiger partial charge in [0, 0.05) is 0 Å². The quantitative estimate of drug-likeness (QED) is 0.469. The number of hydrogen-bond acceptors (Lipinski definition) is 3. The van der Waals surface area contributed by atoms with E-state index in [1.807, 2.05) is 30.3 Å². The van der Waals surface area contributed by atoms with Gasteiger partial charge in [0.2, 0.25) is 5.54 Å². The van der Waals surface area contributed by atoms with Crippen LogP contribution in [0, 0.1) is 0 Å².